The molecule has 2 aromatic rings. The molecule has 1 N–H and O–H groups in total. The third-order valence-corrected chi connectivity index (χ3v) is 5.70. The predicted octanol–water partition coefficient (Wildman–Crippen LogP) is 3.27. The van der Waals surface area contributed by atoms with Gasteiger partial charge in [0.2, 0.25) is 11.9 Å². The van der Waals surface area contributed by atoms with Gasteiger partial charge in [-0.15, -0.1) is 0 Å². The Morgan fingerprint density at radius 2 is 1.83 bits per heavy atom. The van der Waals surface area contributed by atoms with Crippen molar-refractivity contribution in [1.29, 1.82) is 0 Å². The third-order valence-electron chi connectivity index (χ3n) is 4.90. The van der Waals surface area contributed by atoms with Crippen LogP contribution in [0.2, 0.25) is 10.0 Å². The molecule has 1 aliphatic heterocycles. The van der Waals surface area contributed by atoms with Crippen LogP contribution in [-0.4, -0.2) is 66.7 Å². The number of aromatic nitrogens is 2. The van der Waals surface area contributed by atoms with E-state index in [0.29, 0.717) is 41.8 Å². The minimum absolute atomic E-state index is 0.0434. The van der Waals surface area contributed by atoms with Gasteiger partial charge in [-0.05, 0) is 37.6 Å². The monoisotopic (exact) mass is 451 g/mol. The van der Waals surface area contributed by atoms with Crippen LogP contribution in [0, 0.1) is 0 Å². The highest BCUT2D eigenvalue weighted by molar-refractivity contribution is 6.42. The quantitative estimate of drug-likeness (QED) is 0.558. The second kappa shape index (κ2) is 11.9. The fourth-order valence-electron chi connectivity index (χ4n) is 3.26. The normalized spacial score (nSPS) is 14.5. The first-order valence-corrected chi connectivity index (χ1v) is 11.0. The number of piperazine rings is 1. The molecule has 0 spiro atoms. The van der Waals surface area contributed by atoms with Gasteiger partial charge in [-0.3, -0.25) is 9.69 Å². The second-order valence-electron chi connectivity index (χ2n) is 7.08. The summed E-state index contributed by atoms with van der Waals surface area (Å²) < 4.78 is 5.60. The summed E-state index contributed by atoms with van der Waals surface area (Å²) in [6.07, 6.45) is 5.53. The van der Waals surface area contributed by atoms with E-state index in [1.54, 1.807) is 30.6 Å². The fraction of sp³-hybridized carbons (Fsp3) is 0.476. The Hall–Kier alpha value is -2.09. The first-order valence-electron chi connectivity index (χ1n) is 10.2. The Morgan fingerprint density at radius 3 is 2.60 bits per heavy atom. The van der Waals surface area contributed by atoms with Crippen LogP contribution in [0.15, 0.2) is 36.7 Å². The number of nitrogens with zero attached hydrogens (tertiary/aromatic N) is 4. The summed E-state index contributed by atoms with van der Waals surface area (Å²) in [6.45, 7) is 5.89. The van der Waals surface area contributed by atoms with Crippen molar-refractivity contribution in [1.82, 2.24) is 20.2 Å². The maximum atomic E-state index is 12.0. The van der Waals surface area contributed by atoms with Crippen LogP contribution in [0.4, 0.5) is 5.95 Å². The van der Waals surface area contributed by atoms with Gasteiger partial charge < -0.3 is 15.0 Å². The van der Waals surface area contributed by atoms with E-state index >= 15 is 0 Å². The van der Waals surface area contributed by atoms with Crippen LogP contribution in [0.5, 0.6) is 5.75 Å². The van der Waals surface area contributed by atoms with Gasteiger partial charge in [0.05, 0.1) is 11.6 Å². The van der Waals surface area contributed by atoms with Crippen molar-refractivity contribution < 1.29 is 9.53 Å². The van der Waals surface area contributed by atoms with Crippen molar-refractivity contribution in [2.24, 2.45) is 0 Å². The van der Waals surface area contributed by atoms with Crippen molar-refractivity contribution in [2.75, 3.05) is 50.8 Å². The van der Waals surface area contributed by atoms with Crippen LogP contribution in [0.3, 0.4) is 0 Å². The molecule has 0 unspecified atom stereocenters. The van der Waals surface area contributed by atoms with Crippen molar-refractivity contribution in [2.45, 2.75) is 19.3 Å². The van der Waals surface area contributed by atoms with E-state index < -0.39 is 0 Å². The van der Waals surface area contributed by atoms with Gasteiger partial charge in [-0.2, -0.15) is 0 Å². The van der Waals surface area contributed by atoms with E-state index in [9.17, 15) is 4.79 Å². The average Bonchev–Trinajstić information content (AvgIpc) is 2.78. The average molecular weight is 452 g/mol. The summed E-state index contributed by atoms with van der Waals surface area (Å²) in [6, 6.07) is 7.09. The number of carbonyl (C=O) groups excluding carboxylic acids is 1. The molecule has 1 aromatic heterocycles. The highest BCUT2D eigenvalue weighted by Gasteiger charge is 2.18. The summed E-state index contributed by atoms with van der Waals surface area (Å²) in [5.74, 6) is 1.39. The number of halogens is 2. The molecule has 9 heteroatoms. The largest absolute Gasteiger partial charge is 0.492 e. The molecule has 0 saturated carbocycles. The van der Waals surface area contributed by atoms with E-state index in [4.69, 9.17) is 27.9 Å². The Balaban J connectivity index is 1.22. The fourth-order valence-corrected chi connectivity index (χ4v) is 3.60. The number of hydrogen-bond acceptors (Lipinski definition) is 6. The zero-order chi connectivity index (χ0) is 21.2. The van der Waals surface area contributed by atoms with Crippen LogP contribution < -0.4 is 15.0 Å². The number of nitrogens with one attached hydrogen (secondary N) is 1. The lowest BCUT2D eigenvalue weighted by atomic mass is 10.2. The summed E-state index contributed by atoms with van der Waals surface area (Å²) in [5, 5.41) is 3.84. The molecule has 2 heterocycles. The van der Waals surface area contributed by atoms with Gasteiger partial charge in [-0.1, -0.05) is 29.3 Å². The summed E-state index contributed by atoms with van der Waals surface area (Å²) in [7, 11) is 0. The van der Waals surface area contributed by atoms with Crippen LogP contribution >= 0.6 is 23.2 Å². The number of ether oxygens (including phenoxy) is 1. The number of anilines is 1. The molecule has 1 aromatic carbocycles. The lowest BCUT2D eigenvalue weighted by Crippen LogP contribution is -2.47. The highest BCUT2D eigenvalue weighted by atomic mass is 35.5. The van der Waals surface area contributed by atoms with Crippen molar-refractivity contribution in [3.05, 3.63) is 46.7 Å². The topological polar surface area (TPSA) is 70.6 Å². The Bertz CT molecular complexity index is 801. The standard InChI is InChI=1S/C21H27Cl2N5O2/c22-17-5-1-6-18(20(17)23)30-16-2-7-19(29)24-10-4-11-27-12-14-28(15-13-27)21-25-8-3-9-26-21/h1,3,5-6,8-9H,2,4,7,10-16H2,(H,24,29). The van der Waals surface area contributed by atoms with Crippen molar-refractivity contribution >= 4 is 35.1 Å². The Kier molecular flexibility index (Phi) is 8.99. The van der Waals surface area contributed by atoms with Gasteiger partial charge in [0.25, 0.3) is 0 Å². The molecule has 3 rings (SSSR count). The third kappa shape index (κ3) is 7.00. The zero-order valence-electron chi connectivity index (χ0n) is 16.9. The number of carbonyl (C=O) groups is 1. The predicted molar refractivity (Wildman–Crippen MR) is 120 cm³/mol. The van der Waals surface area contributed by atoms with Crippen LogP contribution in [0.1, 0.15) is 19.3 Å². The highest BCUT2D eigenvalue weighted by Crippen LogP contribution is 2.31. The van der Waals surface area contributed by atoms with E-state index in [1.165, 1.54) is 0 Å². The molecule has 0 aliphatic carbocycles. The zero-order valence-corrected chi connectivity index (χ0v) is 18.4. The molecule has 1 fully saturated rings. The minimum atomic E-state index is 0.0434. The lowest BCUT2D eigenvalue weighted by Gasteiger charge is -2.34. The molecular formula is C21H27Cl2N5O2. The molecule has 1 saturated heterocycles. The number of hydrogen-bond donors (Lipinski definition) is 1. The molecule has 1 amide bonds. The SMILES string of the molecule is O=C(CCCOc1cccc(Cl)c1Cl)NCCCN1CCN(c2ncccn2)CC1. The van der Waals surface area contributed by atoms with Gasteiger partial charge in [0, 0.05) is 51.5 Å². The molecule has 7 nitrogen and oxygen atoms in total. The Morgan fingerprint density at radius 1 is 1.07 bits per heavy atom. The number of rotatable bonds is 10. The van der Waals surface area contributed by atoms with Gasteiger partial charge in [-0.25, -0.2) is 9.97 Å². The van der Waals surface area contributed by atoms with Gasteiger partial charge in [0.15, 0.2) is 0 Å². The number of amides is 1. The van der Waals surface area contributed by atoms with E-state index in [1.807, 2.05) is 6.07 Å². The molecule has 0 atom stereocenters. The van der Waals surface area contributed by atoms with Gasteiger partial charge >= 0.3 is 0 Å². The molecule has 0 bridgehead atoms. The first-order chi connectivity index (χ1) is 14.6. The number of benzene rings is 1. The van der Waals surface area contributed by atoms with Crippen molar-refractivity contribution in [3.8, 4) is 5.75 Å². The van der Waals surface area contributed by atoms with Gasteiger partial charge in [0.1, 0.15) is 10.8 Å². The van der Waals surface area contributed by atoms with E-state index in [2.05, 4.69) is 25.1 Å². The van der Waals surface area contributed by atoms with Crippen LogP contribution in [-0.2, 0) is 4.79 Å². The van der Waals surface area contributed by atoms with Crippen molar-refractivity contribution in [3.63, 3.8) is 0 Å². The second-order valence-corrected chi connectivity index (χ2v) is 7.87. The van der Waals surface area contributed by atoms with Crippen LogP contribution in [0.25, 0.3) is 0 Å². The molecule has 1 aliphatic rings. The maximum absolute atomic E-state index is 12.0. The molecule has 30 heavy (non-hydrogen) atoms. The van der Waals surface area contributed by atoms with E-state index in [-0.39, 0.29) is 5.91 Å². The summed E-state index contributed by atoms with van der Waals surface area (Å²) >= 11 is 12.0. The first kappa shape index (κ1) is 22.6. The molecule has 162 valence electrons. The lowest BCUT2D eigenvalue weighted by molar-refractivity contribution is -0.121. The molecule has 0 radical (unpaired) electrons. The smallest absolute Gasteiger partial charge is 0.225 e. The summed E-state index contributed by atoms with van der Waals surface area (Å²) in [4.78, 5) is 25.2. The Labute approximate surface area is 187 Å². The minimum Gasteiger partial charge on any atom is -0.492 e. The maximum Gasteiger partial charge on any atom is 0.225 e. The summed E-state index contributed by atoms with van der Waals surface area (Å²) in [5.41, 5.74) is 0. The van der Waals surface area contributed by atoms with E-state index in [0.717, 1.165) is 45.1 Å². The molecular weight excluding hydrogens is 425 g/mol.